The van der Waals surface area contributed by atoms with Gasteiger partial charge >= 0.3 is 5.97 Å². The molecule has 29 nitrogen and oxygen atoms in total. The first-order chi connectivity index (χ1) is 41.2. The molecule has 1 aromatic rings. The van der Waals surface area contributed by atoms with Crippen LogP contribution in [-0.2, 0) is 68.7 Å². The molecule has 0 saturated carbocycles. The van der Waals surface area contributed by atoms with Crippen LogP contribution in [0.2, 0.25) is 0 Å². The number of amides is 11. The number of primary amides is 1. The fraction of sp³-hybridized carbons (Fsp3) is 0.690. The number of nitrogens with one attached hydrogen (secondary N) is 11. The van der Waals surface area contributed by atoms with Crippen molar-refractivity contribution >= 4 is 70.9 Å². The molecular formula is C58H99N15O14. The van der Waals surface area contributed by atoms with Gasteiger partial charge in [-0.25, -0.2) is 4.79 Å². The number of ether oxygens (including phenoxy) is 1. The average Bonchev–Trinajstić information content (AvgIpc) is 3.78. The Kier molecular flexibility index (Phi) is 33.7. The van der Waals surface area contributed by atoms with Gasteiger partial charge in [0.1, 0.15) is 66.5 Å². The molecule has 0 bridgehead atoms. The lowest BCUT2D eigenvalue weighted by molar-refractivity contribution is -0.157. The molecule has 0 aromatic heterocycles. The Bertz CT molecular complexity index is 2460. The van der Waals surface area contributed by atoms with E-state index in [1.165, 1.54) is 6.92 Å². The third-order valence-electron chi connectivity index (χ3n) is 15.9. The molecule has 1 saturated heterocycles. The maximum absolute atomic E-state index is 14.4. The number of aliphatic hydroxyl groups is 1. The molecule has 1 aromatic carbocycles. The Morgan fingerprint density at radius 2 is 1.08 bits per heavy atom. The van der Waals surface area contributed by atoms with Crippen LogP contribution in [0.15, 0.2) is 30.3 Å². The second kappa shape index (κ2) is 38.7. The van der Waals surface area contributed by atoms with Gasteiger partial charge in [-0.3, -0.25) is 52.7 Å². The van der Waals surface area contributed by atoms with Crippen LogP contribution in [0.4, 0.5) is 0 Å². The third kappa shape index (κ3) is 24.0. The normalized spacial score (nSPS) is 21.2. The second-order valence-electron chi connectivity index (χ2n) is 22.4. The van der Waals surface area contributed by atoms with E-state index in [9.17, 15) is 62.6 Å². The number of rotatable bonds is 35. The summed E-state index contributed by atoms with van der Waals surface area (Å²) in [7, 11) is 1.60. The molecule has 0 unspecified atom stereocenters. The van der Waals surface area contributed by atoms with Crippen LogP contribution >= 0.6 is 0 Å². The Hall–Kier alpha value is -7.34. The fourth-order valence-corrected chi connectivity index (χ4v) is 9.23. The molecule has 2 rings (SSSR count). The fourth-order valence-electron chi connectivity index (χ4n) is 9.23. The van der Waals surface area contributed by atoms with Gasteiger partial charge in [-0.15, -0.1) is 0 Å². The third-order valence-corrected chi connectivity index (χ3v) is 15.9. The Morgan fingerprint density at radius 1 is 0.598 bits per heavy atom. The van der Waals surface area contributed by atoms with Crippen molar-refractivity contribution in [1.29, 1.82) is 0 Å². The SMILES string of the molecule is CC[C@H](C)[C@H](NC(=O)[C@@H](Cc1ccccc1)NC)C(=O)N[C@@H](CO)C(=O)N[C@H](CCC(N)=O)C(=O)N[C@@H](C(=O)N[C@H](C(=O)N[C@@H](CN)C(=O)N[C@H]1C(=O)N[C@@H](CN)C(=O)N[C@@H](CCCCN)C(=O)N[C@@H]([C@@H](C)CC)C(=O)O[C@H]1C)[C@@H](C)CC)[C@@H](C)CC. The molecule has 490 valence electrons. The molecule has 1 aliphatic heterocycles. The number of aliphatic hydroxyl groups excluding tert-OH is 1. The minimum Gasteiger partial charge on any atom is -0.458 e. The van der Waals surface area contributed by atoms with E-state index in [-0.39, 0.29) is 19.3 Å². The van der Waals surface area contributed by atoms with Crippen LogP contribution in [0.25, 0.3) is 0 Å². The summed E-state index contributed by atoms with van der Waals surface area (Å²) in [6.07, 6.45) is 0.470. The second-order valence-corrected chi connectivity index (χ2v) is 22.4. The van der Waals surface area contributed by atoms with Gasteiger partial charge in [-0.05, 0) is 81.9 Å². The molecule has 11 amide bonds. The van der Waals surface area contributed by atoms with E-state index in [4.69, 9.17) is 27.7 Å². The minimum absolute atomic E-state index is 0.138. The molecule has 20 N–H and O–H groups in total. The van der Waals surface area contributed by atoms with Crippen LogP contribution in [0.3, 0.4) is 0 Å². The number of unbranched alkanes of at least 4 members (excludes halogenated alkanes) is 1. The highest BCUT2D eigenvalue weighted by atomic mass is 16.5. The summed E-state index contributed by atoms with van der Waals surface area (Å²) in [6, 6.07) is -6.00. The minimum atomic E-state index is -1.75. The highest BCUT2D eigenvalue weighted by Gasteiger charge is 2.41. The Balaban J connectivity index is 2.42. The highest BCUT2D eigenvalue weighted by molar-refractivity contribution is 5.99. The van der Waals surface area contributed by atoms with Gasteiger partial charge < -0.3 is 91.3 Å². The van der Waals surface area contributed by atoms with E-state index in [0.717, 1.165) is 5.56 Å². The number of hydrogen-bond donors (Lipinski definition) is 16. The van der Waals surface area contributed by atoms with Crippen LogP contribution < -0.4 is 81.4 Å². The van der Waals surface area contributed by atoms with Gasteiger partial charge in [-0.2, -0.15) is 0 Å². The summed E-state index contributed by atoms with van der Waals surface area (Å²) in [5, 5.41) is 39.1. The molecule has 1 aliphatic rings. The molecule has 1 heterocycles. The van der Waals surface area contributed by atoms with Gasteiger partial charge in [-0.1, -0.05) is 111 Å². The van der Waals surface area contributed by atoms with Crippen LogP contribution in [0.5, 0.6) is 0 Å². The van der Waals surface area contributed by atoms with Gasteiger partial charge in [0.05, 0.1) is 12.6 Å². The molecule has 16 atom stereocenters. The summed E-state index contributed by atoms with van der Waals surface area (Å²) >= 11 is 0. The topological polar surface area (TPSA) is 471 Å². The Labute approximate surface area is 510 Å². The van der Waals surface area contributed by atoms with Crippen molar-refractivity contribution < 1.29 is 67.4 Å². The van der Waals surface area contributed by atoms with Crippen LogP contribution in [-0.4, -0.2) is 182 Å². The predicted octanol–water partition coefficient (Wildman–Crippen LogP) is -3.90. The standard InChI is InChI=1S/C58H99N15O14/c1-11-30(5)43(70-50(78)38(63-10)26-35-20-16-15-17-21-35)55(83)68-41(29-74)53(81)65-37(23-24-42(62)75)49(77)69-45(32(7)13-3)56(84)71-44(31(6)12-2)54(82)66-40(28-61)52(80)73-47-34(9)87-58(86)46(33(8)14-4)72-48(76)36(22-18-19-25-59)64-51(79)39(27-60)67-57(47)85/h15-17,20-21,30-34,36-41,43-47,63,74H,11-14,18-19,22-29,59-61H2,1-10H3,(H2,62,75)(H,64,79)(H,65,81)(H,66,82)(H,67,85)(H,68,83)(H,69,77)(H,70,78)(H,71,84)(H,72,76)(H,73,80)/t30-,31-,32-,33-,34-,36-,37+,38+,39-,40-,41-,43-,44-,45+,46-,47+/m0/s1. The molecule has 0 radical (unpaired) electrons. The van der Waals surface area contributed by atoms with E-state index < -0.39 is 200 Å². The molecule has 0 aliphatic carbocycles. The van der Waals surface area contributed by atoms with Crippen LogP contribution in [0.1, 0.15) is 126 Å². The zero-order valence-corrected chi connectivity index (χ0v) is 52.1. The first-order valence-electron chi connectivity index (χ1n) is 30.2. The number of cyclic esters (lactones) is 1. The highest BCUT2D eigenvalue weighted by Crippen LogP contribution is 2.17. The lowest BCUT2D eigenvalue weighted by Crippen LogP contribution is -2.64. The van der Waals surface area contributed by atoms with E-state index in [0.29, 0.717) is 38.6 Å². The van der Waals surface area contributed by atoms with Gasteiger partial charge in [0.15, 0.2) is 0 Å². The first-order valence-corrected chi connectivity index (χ1v) is 30.2. The maximum atomic E-state index is 14.4. The zero-order chi connectivity index (χ0) is 65.7. The van der Waals surface area contributed by atoms with Crippen molar-refractivity contribution in [1.82, 2.24) is 58.5 Å². The van der Waals surface area contributed by atoms with Crippen LogP contribution in [0, 0.1) is 23.7 Å². The largest absolute Gasteiger partial charge is 0.458 e. The van der Waals surface area contributed by atoms with Crippen molar-refractivity contribution in [3.63, 3.8) is 0 Å². The van der Waals surface area contributed by atoms with E-state index in [1.54, 1.807) is 62.4 Å². The monoisotopic (exact) mass is 1230 g/mol. The molecular weight excluding hydrogens is 1130 g/mol. The van der Waals surface area contributed by atoms with Crippen molar-refractivity contribution in [2.75, 3.05) is 33.3 Å². The predicted molar refractivity (Wildman–Crippen MR) is 322 cm³/mol. The summed E-state index contributed by atoms with van der Waals surface area (Å²) < 4.78 is 5.74. The van der Waals surface area contributed by atoms with E-state index in [2.05, 4.69) is 58.5 Å². The van der Waals surface area contributed by atoms with Gasteiger partial charge in [0.25, 0.3) is 0 Å². The lowest BCUT2D eigenvalue weighted by atomic mass is 9.94. The van der Waals surface area contributed by atoms with Gasteiger partial charge in [0.2, 0.25) is 65.0 Å². The lowest BCUT2D eigenvalue weighted by Gasteiger charge is -2.31. The summed E-state index contributed by atoms with van der Waals surface area (Å²) in [5.74, 6) is -12.8. The number of hydrogen-bond acceptors (Lipinski definition) is 18. The number of likely N-dealkylation sites (N-methyl/N-ethyl adjacent to an activating group) is 1. The molecule has 0 spiro atoms. The quantitative estimate of drug-likeness (QED) is 0.0228. The zero-order valence-electron chi connectivity index (χ0n) is 52.1. The maximum Gasteiger partial charge on any atom is 0.329 e. The van der Waals surface area contributed by atoms with Gasteiger partial charge in [0, 0.05) is 19.5 Å². The average molecular weight is 1230 g/mol. The summed E-state index contributed by atoms with van der Waals surface area (Å²) in [5.41, 5.74) is 24.0. The van der Waals surface area contributed by atoms with E-state index >= 15 is 0 Å². The van der Waals surface area contributed by atoms with Crippen molar-refractivity contribution in [2.24, 2.45) is 46.6 Å². The first kappa shape index (κ1) is 75.8. The molecule has 1 fully saturated rings. The number of carbonyl (C=O) groups excluding carboxylic acids is 12. The smallest absolute Gasteiger partial charge is 0.329 e. The van der Waals surface area contributed by atoms with Crippen molar-refractivity contribution in [3.8, 4) is 0 Å². The number of carbonyl (C=O) groups is 12. The summed E-state index contributed by atoms with van der Waals surface area (Å²) in [4.78, 5) is 166. The van der Waals surface area contributed by atoms with Crippen molar-refractivity contribution in [2.45, 2.75) is 199 Å². The van der Waals surface area contributed by atoms with E-state index in [1.807, 2.05) is 30.3 Å². The number of benzene rings is 1. The molecule has 87 heavy (non-hydrogen) atoms. The Morgan fingerprint density at radius 3 is 1.56 bits per heavy atom. The van der Waals surface area contributed by atoms with Crippen molar-refractivity contribution in [3.05, 3.63) is 35.9 Å². The number of esters is 1. The molecule has 29 heteroatoms. The number of nitrogens with two attached hydrogens (primary N) is 4. The summed E-state index contributed by atoms with van der Waals surface area (Å²) in [6.45, 7) is 13.3.